The van der Waals surface area contributed by atoms with Gasteiger partial charge in [-0.2, -0.15) is 0 Å². The molecule has 0 aliphatic rings. The Morgan fingerprint density at radius 2 is 1.87 bits per heavy atom. The Hall–Kier alpha value is -3.54. The smallest absolute Gasteiger partial charge is 0.287 e. The van der Waals surface area contributed by atoms with E-state index in [0.717, 1.165) is 22.4 Å². The maximum atomic E-state index is 12.9. The molecule has 0 saturated carbocycles. The number of nitrogens with one attached hydrogen (secondary N) is 2. The number of rotatable bonds is 9. The van der Waals surface area contributed by atoms with Crippen molar-refractivity contribution in [1.82, 2.24) is 10.6 Å². The van der Waals surface area contributed by atoms with Crippen LogP contribution in [0.1, 0.15) is 27.2 Å². The molecule has 2 amide bonds. The highest BCUT2D eigenvalue weighted by Gasteiger charge is 2.23. The molecule has 6 nitrogen and oxygen atoms in total. The van der Waals surface area contributed by atoms with Crippen molar-refractivity contribution in [2.75, 3.05) is 13.7 Å². The van der Waals surface area contributed by atoms with Crippen molar-refractivity contribution in [2.45, 2.75) is 25.8 Å². The highest BCUT2D eigenvalue weighted by Crippen LogP contribution is 2.19. The number of carbonyl (C=O) groups is 2. The summed E-state index contributed by atoms with van der Waals surface area (Å²) in [6, 6.07) is 18.0. The van der Waals surface area contributed by atoms with Crippen molar-refractivity contribution < 1.29 is 18.7 Å². The zero-order chi connectivity index (χ0) is 21.3. The fourth-order valence-corrected chi connectivity index (χ4v) is 3.24. The van der Waals surface area contributed by atoms with Crippen LogP contribution in [0.15, 0.2) is 71.3 Å². The van der Waals surface area contributed by atoms with Crippen molar-refractivity contribution in [3.63, 3.8) is 0 Å². The van der Waals surface area contributed by atoms with Gasteiger partial charge in [-0.3, -0.25) is 9.59 Å². The van der Waals surface area contributed by atoms with Crippen LogP contribution < -0.4 is 15.4 Å². The number of carbonyl (C=O) groups excluding carboxylic acids is 2. The number of aryl methyl sites for hydroxylation is 1. The molecular weight excluding hydrogens is 380 g/mol. The molecule has 0 unspecified atom stereocenters. The molecule has 2 aromatic carbocycles. The average Bonchev–Trinajstić information content (AvgIpc) is 3.29. The zero-order valence-corrected chi connectivity index (χ0v) is 17.2. The van der Waals surface area contributed by atoms with Crippen LogP contribution in [-0.2, 0) is 17.6 Å². The van der Waals surface area contributed by atoms with Gasteiger partial charge in [-0.1, -0.05) is 48.0 Å². The van der Waals surface area contributed by atoms with Crippen LogP contribution >= 0.6 is 0 Å². The molecule has 3 aromatic rings. The minimum Gasteiger partial charge on any atom is -0.496 e. The summed E-state index contributed by atoms with van der Waals surface area (Å²) in [5.41, 5.74) is 3.11. The van der Waals surface area contributed by atoms with E-state index in [1.165, 1.54) is 6.26 Å². The lowest BCUT2D eigenvalue weighted by Crippen LogP contribution is -2.48. The number of methoxy groups -OCH3 is 1. The molecule has 0 bridgehead atoms. The van der Waals surface area contributed by atoms with Crippen molar-refractivity contribution >= 4 is 11.8 Å². The molecule has 30 heavy (non-hydrogen) atoms. The number of ether oxygens (including phenoxy) is 1. The van der Waals surface area contributed by atoms with Gasteiger partial charge in [-0.25, -0.2) is 0 Å². The maximum Gasteiger partial charge on any atom is 0.287 e. The predicted molar refractivity (Wildman–Crippen MR) is 115 cm³/mol. The summed E-state index contributed by atoms with van der Waals surface area (Å²) in [6.45, 7) is 2.45. The van der Waals surface area contributed by atoms with E-state index in [9.17, 15) is 9.59 Å². The van der Waals surface area contributed by atoms with E-state index in [4.69, 9.17) is 9.15 Å². The highest BCUT2D eigenvalue weighted by atomic mass is 16.5. The normalized spacial score (nSPS) is 11.5. The number of hydrogen-bond acceptors (Lipinski definition) is 4. The molecule has 3 rings (SSSR count). The van der Waals surface area contributed by atoms with E-state index >= 15 is 0 Å². The van der Waals surface area contributed by atoms with Gasteiger partial charge in [-0.05, 0) is 42.7 Å². The Morgan fingerprint density at radius 1 is 1.07 bits per heavy atom. The molecule has 2 N–H and O–H groups in total. The first kappa shape index (κ1) is 21.2. The van der Waals surface area contributed by atoms with E-state index < -0.39 is 11.9 Å². The lowest BCUT2D eigenvalue weighted by atomic mass is 10.0. The third-order valence-electron chi connectivity index (χ3n) is 4.78. The third kappa shape index (κ3) is 5.73. The second-order valence-electron chi connectivity index (χ2n) is 7.05. The summed E-state index contributed by atoms with van der Waals surface area (Å²) in [7, 11) is 1.63. The summed E-state index contributed by atoms with van der Waals surface area (Å²) in [5.74, 6) is 0.300. The molecule has 0 radical (unpaired) electrons. The van der Waals surface area contributed by atoms with Gasteiger partial charge in [0, 0.05) is 13.0 Å². The van der Waals surface area contributed by atoms with Crippen LogP contribution in [0.2, 0.25) is 0 Å². The average molecular weight is 406 g/mol. The van der Waals surface area contributed by atoms with Crippen LogP contribution in [0.3, 0.4) is 0 Å². The van der Waals surface area contributed by atoms with Gasteiger partial charge < -0.3 is 19.8 Å². The van der Waals surface area contributed by atoms with Gasteiger partial charge in [0.25, 0.3) is 5.91 Å². The lowest BCUT2D eigenvalue weighted by molar-refractivity contribution is -0.122. The first-order valence-corrected chi connectivity index (χ1v) is 9.86. The predicted octanol–water partition coefficient (Wildman–Crippen LogP) is 3.30. The van der Waals surface area contributed by atoms with Crippen LogP contribution in [0.25, 0.3) is 0 Å². The van der Waals surface area contributed by atoms with Crippen molar-refractivity contribution in [1.29, 1.82) is 0 Å². The monoisotopic (exact) mass is 406 g/mol. The fourth-order valence-electron chi connectivity index (χ4n) is 3.24. The van der Waals surface area contributed by atoms with E-state index in [1.54, 1.807) is 19.2 Å². The molecule has 1 aromatic heterocycles. The molecule has 1 atom stereocenters. The van der Waals surface area contributed by atoms with Crippen LogP contribution in [0, 0.1) is 6.92 Å². The summed E-state index contributed by atoms with van der Waals surface area (Å²) in [5, 5.41) is 5.71. The fraction of sp³-hybridized carbons (Fsp3) is 0.250. The molecule has 0 saturated heterocycles. The van der Waals surface area contributed by atoms with Crippen LogP contribution in [-0.4, -0.2) is 31.5 Å². The lowest BCUT2D eigenvalue weighted by Gasteiger charge is -2.18. The van der Waals surface area contributed by atoms with Gasteiger partial charge in [0.05, 0.1) is 13.4 Å². The quantitative estimate of drug-likeness (QED) is 0.571. The Morgan fingerprint density at radius 3 is 2.57 bits per heavy atom. The topological polar surface area (TPSA) is 80.6 Å². The van der Waals surface area contributed by atoms with E-state index in [0.29, 0.717) is 19.4 Å². The number of amides is 2. The van der Waals surface area contributed by atoms with Gasteiger partial charge in [-0.15, -0.1) is 0 Å². The Kier molecular flexibility index (Phi) is 7.27. The SMILES string of the molecule is COc1ccc(C)cc1CCNC(=O)[C@H](Cc1ccccc1)NC(=O)c1ccco1. The largest absolute Gasteiger partial charge is 0.496 e. The van der Waals surface area contributed by atoms with Crippen LogP contribution in [0.5, 0.6) is 5.75 Å². The van der Waals surface area contributed by atoms with Gasteiger partial charge in [0.15, 0.2) is 5.76 Å². The van der Waals surface area contributed by atoms with E-state index in [2.05, 4.69) is 10.6 Å². The number of furan rings is 1. The Labute approximate surface area is 176 Å². The highest BCUT2D eigenvalue weighted by molar-refractivity contribution is 5.95. The van der Waals surface area contributed by atoms with E-state index in [1.807, 2.05) is 55.5 Å². The van der Waals surface area contributed by atoms with Gasteiger partial charge >= 0.3 is 0 Å². The Balaban J connectivity index is 1.65. The van der Waals surface area contributed by atoms with Crippen molar-refractivity contribution in [3.8, 4) is 5.75 Å². The number of benzene rings is 2. The summed E-state index contributed by atoms with van der Waals surface area (Å²) in [4.78, 5) is 25.3. The molecule has 0 aliphatic carbocycles. The third-order valence-corrected chi connectivity index (χ3v) is 4.78. The minimum atomic E-state index is -0.718. The second kappa shape index (κ2) is 10.3. The van der Waals surface area contributed by atoms with Gasteiger partial charge in [0.1, 0.15) is 11.8 Å². The first-order valence-electron chi connectivity index (χ1n) is 9.86. The molecule has 0 fully saturated rings. The second-order valence-corrected chi connectivity index (χ2v) is 7.05. The number of hydrogen-bond donors (Lipinski definition) is 2. The Bertz CT molecular complexity index is 968. The zero-order valence-electron chi connectivity index (χ0n) is 17.2. The van der Waals surface area contributed by atoms with Crippen molar-refractivity contribution in [2.24, 2.45) is 0 Å². The molecule has 0 aliphatic heterocycles. The molecule has 156 valence electrons. The molecular formula is C24H26N2O4. The van der Waals surface area contributed by atoms with Gasteiger partial charge in [0.2, 0.25) is 5.91 Å². The summed E-state index contributed by atoms with van der Waals surface area (Å²) in [6.07, 6.45) is 2.43. The van der Waals surface area contributed by atoms with Crippen molar-refractivity contribution in [3.05, 3.63) is 89.4 Å². The summed E-state index contributed by atoms with van der Waals surface area (Å²) >= 11 is 0. The maximum absolute atomic E-state index is 12.9. The standard InChI is InChI=1S/C24H26N2O4/c1-17-10-11-21(29-2)19(15-17)12-13-25-23(27)20(16-18-7-4-3-5-8-18)26-24(28)22-9-6-14-30-22/h3-11,14-15,20H,12-13,16H2,1-2H3,(H,25,27)(H,26,28)/t20-/m0/s1. The first-order chi connectivity index (χ1) is 14.6. The van der Waals surface area contributed by atoms with E-state index in [-0.39, 0.29) is 11.7 Å². The van der Waals surface area contributed by atoms with Crippen LogP contribution in [0.4, 0.5) is 0 Å². The molecule has 6 heteroatoms. The molecule has 1 heterocycles. The summed E-state index contributed by atoms with van der Waals surface area (Å²) < 4.78 is 10.5. The molecule has 0 spiro atoms. The minimum absolute atomic E-state index is 0.172.